The molecule has 1 unspecified atom stereocenters. The second-order valence-corrected chi connectivity index (χ2v) is 7.12. The van der Waals surface area contributed by atoms with E-state index in [1.807, 2.05) is 35.2 Å². The smallest absolute Gasteiger partial charge is 0.265 e. The standard InChI is InChI=1S/C22H26N2O3/c1-16-11-13-24(14-12-16)22(26)18-7-6-8-19(15-18)23-21(25)17(2)27-20-9-4-3-5-10-20/h3-10,15-17H,11-14H2,1-2H3,(H,23,25). The molecule has 1 heterocycles. The van der Waals surface area contributed by atoms with Gasteiger partial charge in [-0.25, -0.2) is 0 Å². The topological polar surface area (TPSA) is 58.6 Å². The Labute approximate surface area is 160 Å². The van der Waals surface area contributed by atoms with Gasteiger partial charge in [0.05, 0.1) is 0 Å². The Morgan fingerprint density at radius 2 is 1.78 bits per heavy atom. The minimum absolute atomic E-state index is 0.0200. The molecular weight excluding hydrogens is 340 g/mol. The molecule has 1 atom stereocenters. The molecule has 1 fully saturated rings. The molecule has 0 bridgehead atoms. The minimum atomic E-state index is -0.643. The van der Waals surface area contributed by atoms with E-state index in [0.29, 0.717) is 22.9 Å². The molecule has 1 saturated heterocycles. The maximum atomic E-state index is 12.7. The third-order valence-electron chi connectivity index (χ3n) is 4.87. The summed E-state index contributed by atoms with van der Waals surface area (Å²) in [5.74, 6) is 1.08. The Bertz CT molecular complexity index is 783. The number of carbonyl (C=O) groups is 2. The number of hydrogen-bond donors (Lipinski definition) is 1. The van der Waals surface area contributed by atoms with E-state index in [1.165, 1.54) is 0 Å². The van der Waals surface area contributed by atoms with E-state index in [4.69, 9.17) is 4.74 Å². The average Bonchev–Trinajstić information content (AvgIpc) is 2.69. The number of amides is 2. The number of nitrogens with one attached hydrogen (secondary N) is 1. The molecule has 5 heteroatoms. The highest BCUT2D eigenvalue weighted by atomic mass is 16.5. The predicted molar refractivity (Wildman–Crippen MR) is 106 cm³/mol. The van der Waals surface area contributed by atoms with Crippen LogP contribution in [0.3, 0.4) is 0 Å². The van der Waals surface area contributed by atoms with Crippen molar-refractivity contribution in [1.29, 1.82) is 0 Å². The first-order valence-electron chi connectivity index (χ1n) is 9.45. The summed E-state index contributed by atoms with van der Waals surface area (Å²) < 4.78 is 5.64. The van der Waals surface area contributed by atoms with Crippen LogP contribution in [0.25, 0.3) is 0 Å². The van der Waals surface area contributed by atoms with Crippen molar-refractivity contribution in [3.63, 3.8) is 0 Å². The van der Waals surface area contributed by atoms with Crippen LogP contribution in [-0.4, -0.2) is 35.9 Å². The molecule has 2 aromatic rings. The van der Waals surface area contributed by atoms with Crippen LogP contribution in [0.4, 0.5) is 5.69 Å². The zero-order valence-electron chi connectivity index (χ0n) is 15.9. The third-order valence-corrected chi connectivity index (χ3v) is 4.87. The summed E-state index contributed by atoms with van der Waals surface area (Å²) in [5.41, 5.74) is 1.19. The Hall–Kier alpha value is -2.82. The Kier molecular flexibility index (Phi) is 6.12. The molecule has 2 amide bonds. The van der Waals surface area contributed by atoms with Gasteiger partial charge in [-0.15, -0.1) is 0 Å². The van der Waals surface area contributed by atoms with E-state index in [2.05, 4.69) is 12.2 Å². The maximum absolute atomic E-state index is 12.7. The van der Waals surface area contributed by atoms with Crippen molar-refractivity contribution in [3.8, 4) is 5.75 Å². The molecule has 0 aliphatic carbocycles. The number of anilines is 1. The van der Waals surface area contributed by atoms with E-state index in [9.17, 15) is 9.59 Å². The zero-order valence-corrected chi connectivity index (χ0v) is 15.9. The molecule has 27 heavy (non-hydrogen) atoms. The van der Waals surface area contributed by atoms with Gasteiger partial charge in [-0.3, -0.25) is 9.59 Å². The van der Waals surface area contributed by atoms with Crippen LogP contribution >= 0.6 is 0 Å². The fourth-order valence-electron chi connectivity index (χ4n) is 3.12. The molecule has 1 N–H and O–H groups in total. The molecular formula is C22H26N2O3. The number of carbonyl (C=O) groups excluding carboxylic acids is 2. The van der Waals surface area contributed by atoms with Crippen LogP contribution < -0.4 is 10.1 Å². The predicted octanol–water partition coefficient (Wildman–Crippen LogP) is 3.96. The highest BCUT2D eigenvalue weighted by molar-refractivity contribution is 5.98. The van der Waals surface area contributed by atoms with Gasteiger partial charge in [-0.2, -0.15) is 0 Å². The Morgan fingerprint density at radius 3 is 2.48 bits per heavy atom. The number of benzene rings is 2. The fourth-order valence-corrected chi connectivity index (χ4v) is 3.12. The lowest BCUT2D eigenvalue weighted by Crippen LogP contribution is -2.38. The van der Waals surface area contributed by atoms with Gasteiger partial charge in [0, 0.05) is 24.3 Å². The van der Waals surface area contributed by atoms with Crippen LogP contribution in [-0.2, 0) is 4.79 Å². The number of rotatable bonds is 5. The molecule has 142 valence electrons. The summed E-state index contributed by atoms with van der Waals surface area (Å²) in [7, 11) is 0. The monoisotopic (exact) mass is 366 g/mol. The molecule has 0 spiro atoms. The normalized spacial score (nSPS) is 15.9. The summed E-state index contributed by atoms with van der Waals surface area (Å²) in [4.78, 5) is 27.0. The van der Waals surface area contributed by atoms with Gasteiger partial charge < -0.3 is 15.0 Å². The first-order valence-corrected chi connectivity index (χ1v) is 9.45. The van der Waals surface area contributed by atoms with Gasteiger partial charge in [0.15, 0.2) is 6.10 Å². The van der Waals surface area contributed by atoms with E-state index >= 15 is 0 Å². The second kappa shape index (κ2) is 8.71. The molecule has 1 aliphatic heterocycles. The fraction of sp³-hybridized carbons (Fsp3) is 0.364. The lowest BCUT2D eigenvalue weighted by atomic mass is 9.98. The van der Waals surface area contributed by atoms with Crippen LogP contribution in [0.2, 0.25) is 0 Å². The number of likely N-dealkylation sites (tertiary alicyclic amines) is 1. The molecule has 0 aromatic heterocycles. The lowest BCUT2D eigenvalue weighted by Gasteiger charge is -2.30. The Morgan fingerprint density at radius 1 is 1.07 bits per heavy atom. The molecule has 5 nitrogen and oxygen atoms in total. The van der Waals surface area contributed by atoms with Crippen LogP contribution in [0.5, 0.6) is 5.75 Å². The van der Waals surface area contributed by atoms with Gasteiger partial charge in [0.2, 0.25) is 0 Å². The molecule has 2 aromatic carbocycles. The van der Waals surface area contributed by atoms with Crippen LogP contribution in [0, 0.1) is 5.92 Å². The van der Waals surface area contributed by atoms with E-state index in [-0.39, 0.29) is 11.8 Å². The van der Waals surface area contributed by atoms with Gasteiger partial charge in [-0.1, -0.05) is 31.2 Å². The van der Waals surface area contributed by atoms with E-state index in [0.717, 1.165) is 25.9 Å². The summed E-state index contributed by atoms with van der Waals surface area (Å²) in [6.07, 6.45) is 1.43. The van der Waals surface area contributed by atoms with Gasteiger partial charge in [-0.05, 0) is 56.0 Å². The average molecular weight is 366 g/mol. The number of ether oxygens (including phenoxy) is 1. The quantitative estimate of drug-likeness (QED) is 0.871. The molecule has 0 radical (unpaired) electrons. The summed E-state index contributed by atoms with van der Waals surface area (Å²) in [6.45, 7) is 5.50. The molecule has 0 saturated carbocycles. The summed E-state index contributed by atoms with van der Waals surface area (Å²) in [6, 6.07) is 16.3. The second-order valence-electron chi connectivity index (χ2n) is 7.12. The van der Waals surface area contributed by atoms with Crippen molar-refractivity contribution in [2.45, 2.75) is 32.8 Å². The van der Waals surface area contributed by atoms with Gasteiger partial charge in [0.1, 0.15) is 5.75 Å². The summed E-state index contributed by atoms with van der Waals surface area (Å²) >= 11 is 0. The zero-order chi connectivity index (χ0) is 19.2. The third kappa shape index (κ3) is 5.09. The number of para-hydroxylation sites is 1. The number of nitrogens with zero attached hydrogens (tertiary/aromatic N) is 1. The SMILES string of the molecule is CC1CCN(C(=O)c2cccc(NC(=O)C(C)Oc3ccccc3)c2)CC1. The van der Waals surface area contributed by atoms with Crippen molar-refractivity contribution in [2.75, 3.05) is 18.4 Å². The van der Waals surface area contributed by atoms with Gasteiger partial charge >= 0.3 is 0 Å². The first kappa shape index (κ1) is 19.0. The van der Waals surface area contributed by atoms with Crippen molar-refractivity contribution in [2.24, 2.45) is 5.92 Å². The maximum Gasteiger partial charge on any atom is 0.265 e. The van der Waals surface area contributed by atoms with E-state index < -0.39 is 6.10 Å². The van der Waals surface area contributed by atoms with Gasteiger partial charge in [0.25, 0.3) is 11.8 Å². The van der Waals surface area contributed by atoms with Crippen molar-refractivity contribution in [1.82, 2.24) is 4.90 Å². The summed E-state index contributed by atoms with van der Waals surface area (Å²) in [5, 5.41) is 2.83. The number of piperidine rings is 1. The largest absolute Gasteiger partial charge is 0.481 e. The lowest BCUT2D eigenvalue weighted by molar-refractivity contribution is -0.122. The highest BCUT2D eigenvalue weighted by Crippen LogP contribution is 2.20. The molecule has 1 aliphatic rings. The first-order chi connectivity index (χ1) is 13.0. The van der Waals surface area contributed by atoms with Crippen molar-refractivity contribution in [3.05, 3.63) is 60.2 Å². The highest BCUT2D eigenvalue weighted by Gasteiger charge is 2.22. The van der Waals surface area contributed by atoms with Crippen LogP contribution in [0.1, 0.15) is 37.0 Å². The van der Waals surface area contributed by atoms with Crippen LogP contribution in [0.15, 0.2) is 54.6 Å². The van der Waals surface area contributed by atoms with E-state index in [1.54, 1.807) is 31.2 Å². The van der Waals surface area contributed by atoms with Crippen molar-refractivity contribution < 1.29 is 14.3 Å². The minimum Gasteiger partial charge on any atom is -0.481 e. The van der Waals surface area contributed by atoms with Crippen molar-refractivity contribution >= 4 is 17.5 Å². The Balaban J connectivity index is 1.61. The number of hydrogen-bond acceptors (Lipinski definition) is 3. The molecule has 3 rings (SSSR count).